The van der Waals surface area contributed by atoms with Crippen LogP contribution in [0.3, 0.4) is 0 Å². The molecule has 1 aromatic carbocycles. The molecule has 2 aromatic rings. The van der Waals surface area contributed by atoms with E-state index >= 15 is 0 Å². The number of ether oxygens (including phenoxy) is 1. The molecule has 1 aromatic heterocycles. The van der Waals surface area contributed by atoms with Crippen molar-refractivity contribution in [1.29, 1.82) is 0 Å². The molecule has 30 heavy (non-hydrogen) atoms. The molecule has 0 radical (unpaired) electrons. The van der Waals surface area contributed by atoms with E-state index < -0.39 is 5.60 Å². The van der Waals surface area contributed by atoms with Gasteiger partial charge in [-0.15, -0.1) is 0 Å². The van der Waals surface area contributed by atoms with Crippen molar-refractivity contribution < 1.29 is 19.1 Å². The first kappa shape index (κ1) is 20.9. The fraction of sp³-hybridized carbons (Fsp3) is 0.583. The van der Waals surface area contributed by atoms with Gasteiger partial charge >= 0.3 is 5.63 Å². The van der Waals surface area contributed by atoms with E-state index in [0.29, 0.717) is 30.8 Å². The third kappa shape index (κ3) is 3.97. The Morgan fingerprint density at radius 1 is 1.33 bits per heavy atom. The van der Waals surface area contributed by atoms with E-state index in [9.17, 15) is 14.7 Å². The summed E-state index contributed by atoms with van der Waals surface area (Å²) in [6, 6.07) is 5.30. The number of aryl methyl sites for hydroxylation is 2. The number of benzene rings is 1. The summed E-state index contributed by atoms with van der Waals surface area (Å²) in [5.41, 5.74) is 1.27. The van der Waals surface area contributed by atoms with Gasteiger partial charge in [0.15, 0.2) is 6.61 Å². The number of piperidine rings is 1. The van der Waals surface area contributed by atoms with E-state index in [-0.39, 0.29) is 24.1 Å². The third-order valence-electron chi connectivity index (χ3n) is 6.85. The predicted octanol–water partition coefficient (Wildman–Crippen LogP) is 3.59. The molecule has 2 fully saturated rings. The molecule has 1 amide bonds. The summed E-state index contributed by atoms with van der Waals surface area (Å²) in [5, 5.41) is 11.7. The van der Waals surface area contributed by atoms with Crippen molar-refractivity contribution in [3.8, 4) is 5.75 Å². The van der Waals surface area contributed by atoms with Gasteiger partial charge in [-0.1, -0.05) is 26.2 Å². The van der Waals surface area contributed by atoms with E-state index in [1.807, 2.05) is 24.0 Å². The number of amides is 1. The minimum atomic E-state index is -0.599. The van der Waals surface area contributed by atoms with Gasteiger partial charge in [0.25, 0.3) is 5.91 Å². The van der Waals surface area contributed by atoms with Gasteiger partial charge < -0.3 is 19.2 Å². The van der Waals surface area contributed by atoms with Crippen LogP contribution in [-0.2, 0) is 11.2 Å². The predicted molar refractivity (Wildman–Crippen MR) is 115 cm³/mol. The van der Waals surface area contributed by atoms with Gasteiger partial charge in [-0.3, -0.25) is 4.79 Å². The molecule has 1 saturated heterocycles. The molecule has 1 aliphatic heterocycles. The molecular weight excluding hydrogens is 382 g/mol. The van der Waals surface area contributed by atoms with Crippen LogP contribution in [0.4, 0.5) is 0 Å². The van der Waals surface area contributed by atoms with Crippen LogP contribution in [0.2, 0.25) is 0 Å². The topological polar surface area (TPSA) is 80.0 Å². The normalized spacial score (nSPS) is 24.0. The molecule has 1 N–H and O–H groups in total. The molecule has 6 nitrogen and oxygen atoms in total. The van der Waals surface area contributed by atoms with Crippen LogP contribution in [0.15, 0.2) is 27.4 Å². The molecule has 0 bridgehead atoms. The molecule has 4 rings (SSSR count). The number of fused-ring (bicyclic) bond motifs is 2. The van der Waals surface area contributed by atoms with Crippen molar-refractivity contribution in [2.75, 3.05) is 19.7 Å². The summed E-state index contributed by atoms with van der Waals surface area (Å²) in [5.74, 6) is 0.653. The largest absolute Gasteiger partial charge is 0.483 e. The van der Waals surface area contributed by atoms with Gasteiger partial charge in [0, 0.05) is 36.0 Å². The monoisotopic (exact) mass is 413 g/mol. The van der Waals surface area contributed by atoms with Crippen molar-refractivity contribution >= 4 is 16.9 Å². The fourth-order valence-electron chi connectivity index (χ4n) is 5.07. The van der Waals surface area contributed by atoms with Crippen molar-refractivity contribution in [1.82, 2.24) is 4.90 Å². The van der Waals surface area contributed by atoms with E-state index in [1.54, 1.807) is 6.07 Å². The summed E-state index contributed by atoms with van der Waals surface area (Å²) >= 11 is 0. The molecule has 162 valence electrons. The van der Waals surface area contributed by atoms with Gasteiger partial charge in [0.2, 0.25) is 0 Å². The maximum atomic E-state index is 12.8. The highest BCUT2D eigenvalue weighted by molar-refractivity contribution is 5.85. The highest BCUT2D eigenvalue weighted by atomic mass is 16.5. The lowest BCUT2D eigenvalue weighted by Gasteiger charge is -2.47. The average molecular weight is 414 g/mol. The number of likely N-dealkylation sites (tertiary alicyclic amines) is 1. The Morgan fingerprint density at radius 2 is 2.17 bits per heavy atom. The molecule has 0 spiro atoms. The number of carbonyl (C=O) groups is 1. The second-order valence-corrected chi connectivity index (χ2v) is 8.83. The molecule has 2 heterocycles. The molecule has 2 aliphatic rings. The molecule has 0 unspecified atom stereocenters. The van der Waals surface area contributed by atoms with E-state index in [1.165, 1.54) is 0 Å². The zero-order chi connectivity index (χ0) is 21.3. The van der Waals surface area contributed by atoms with Crippen LogP contribution >= 0.6 is 0 Å². The third-order valence-corrected chi connectivity index (χ3v) is 6.85. The van der Waals surface area contributed by atoms with Crippen molar-refractivity contribution in [3.63, 3.8) is 0 Å². The number of aliphatic hydroxyl groups is 1. The molecular formula is C24H31NO5. The SMILES string of the molecule is CCCc1cc(=O)oc2c(C)c(OCC(=O)N3CC[C@]4(O)CCCC[C@@H]4C3)ccc12. The van der Waals surface area contributed by atoms with Crippen molar-refractivity contribution in [2.24, 2.45) is 5.92 Å². The number of carbonyl (C=O) groups excluding carboxylic acids is 1. The number of hydrogen-bond donors (Lipinski definition) is 1. The Labute approximate surface area is 176 Å². The summed E-state index contributed by atoms with van der Waals surface area (Å²) in [4.78, 5) is 26.6. The maximum absolute atomic E-state index is 12.8. The first-order valence-electron chi connectivity index (χ1n) is 11.1. The Hall–Kier alpha value is -2.34. The Bertz CT molecular complexity index is 997. The van der Waals surface area contributed by atoms with Gasteiger partial charge in [0.05, 0.1) is 5.60 Å². The molecule has 1 aliphatic carbocycles. The fourth-order valence-corrected chi connectivity index (χ4v) is 5.07. The first-order chi connectivity index (χ1) is 14.4. The second-order valence-electron chi connectivity index (χ2n) is 8.83. The van der Waals surface area contributed by atoms with Crippen LogP contribution < -0.4 is 10.4 Å². The lowest BCUT2D eigenvalue weighted by molar-refractivity contribution is -0.145. The van der Waals surface area contributed by atoms with Gasteiger partial charge in [-0.25, -0.2) is 4.79 Å². The van der Waals surface area contributed by atoms with Crippen LogP contribution in [-0.4, -0.2) is 41.2 Å². The van der Waals surface area contributed by atoms with Crippen LogP contribution in [0.25, 0.3) is 11.0 Å². The van der Waals surface area contributed by atoms with Crippen LogP contribution in [0.1, 0.15) is 56.6 Å². The number of rotatable bonds is 5. The minimum Gasteiger partial charge on any atom is -0.483 e. The van der Waals surface area contributed by atoms with Crippen molar-refractivity contribution in [2.45, 2.75) is 64.4 Å². The minimum absolute atomic E-state index is 0.0591. The van der Waals surface area contributed by atoms with Crippen LogP contribution in [0, 0.1) is 12.8 Å². The first-order valence-corrected chi connectivity index (χ1v) is 11.1. The Kier molecular flexibility index (Phi) is 5.87. The molecule has 2 atom stereocenters. The van der Waals surface area contributed by atoms with Gasteiger partial charge in [-0.05, 0) is 50.3 Å². The lowest BCUT2D eigenvalue weighted by atomic mass is 9.71. The second kappa shape index (κ2) is 8.42. The summed E-state index contributed by atoms with van der Waals surface area (Å²) in [7, 11) is 0. The Morgan fingerprint density at radius 3 is 2.97 bits per heavy atom. The molecule has 6 heteroatoms. The summed E-state index contributed by atoms with van der Waals surface area (Å²) in [6.07, 6.45) is 6.40. The van der Waals surface area contributed by atoms with Gasteiger partial charge in [0.1, 0.15) is 11.3 Å². The van der Waals surface area contributed by atoms with Crippen LogP contribution in [0.5, 0.6) is 5.75 Å². The van der Waals surface area contributed by atoms with E-state index in [0.717, 1.165) is 55.0 Å². The summed E-state index contributed by atoms with van der Waals surface area (Å²) < 4.78 is 11.3. The number of nitrogens with zero attached hydrogens (tertiary/aromatic N) is 1. The summed E-state index contributed by atoms with van der Waals surface area (Å²) in [6.45, 7) is 5.04. The standard InChI is InChI=1S/C24H31NO5/c1-3-6-17-13-22(27)30-23-16(2)20(9-8-19(17)23)29-15-21(26)25-12-11-24(28)10-5-4-7-18(24)14-25/h8-9,13,18,28H,3-7,10-12,14-15H2,1-2H3/t18-,24-/m1/s1. The average Bonchev–Trinajstić information content (AvgIpc) is 2.73. The highest BCUT2D eigenvalue weighted by Gasteiger charge is 2.43. The molecule has 1 saturated carbocycles. The Balaban J connectivity index is 1.46. The van der Waals surface area contributed by atoms with E-state index in [4.69, 9.17) is 9.15 Å². The van der Waals surface area contributed by atoms with Crippen molar-refractivity contribution in [3.05, 3.63) is 39.7 Å². The lowest BCUT2D eigenvalue weighted by Crippen LogP contribution is -2.55. The maximum Gasteiger partial charge on any atom is 0.336 e. The zero-order valence-electron chi connectivity index (χ0n) is 17.9. The van der Waals surface area contributed by atoms with E-state index in [2.05, 4.69) is 6.92 Å². The highest BCUT2D eigenvalue weighted by Crippen LogP contribution is 2.39. The zero-order valence-corrected chi connectivity index (χ0v) is 17.9. The smallest absolute Gasteiger partial charge is 0.336 e. The number of hydrogen-bond acceptors (Lipinski definition) is 5. The quantitative estimate of drug-likeness (QED) is 0.758. The van der Waals surface area contributed by atoms with Gasteiger partial charge in [-0.2, -0.15) is 0 Å².